The van der Waals surface area contributed by atoms with E-state index in [0.717, 1.165) is 18.4 Å². The maximum absolute atomic E-state index is 12.4. The number of carbonyl (C=O) groups excluding carboxylic acids is 1. The first kappa shape index (κ1) is 18.0. The Morgan fingerprint density at radius 2 is 1.92 bits per heavy atom. The molecule has 0 aliphatic carbocycles. The molecule has 2 aromatic rings. The molecule has 1 aliphatic rings. The molecule has 0 unspecified atom stereocenters. The van der Waals surface area contributed by atoms with Crippen molar-refractivity contribution in [3.63, 3.8) is 0 Å². The van der Waals surface area contributed by atoms with Gasteiger partial charge in [-0.3, -0.25) is 9.10 Å². The first-order valence-corrected chi connectivity index (χ1v) is 10.2. The average molecular weight is 399 g/mol. The number of hydrogen-bond donors (Lipinski definition) is 1. The highest BCUT2D eigenvalue weighted by molar-refractivity contribution is 7.92. The van der Waals surface area contributed by atoms with Crippen LogP contribution in [0.3, 0.4) is 0 Å². The number of fused-ring (bicyclic) bond motifs is 1. The highest BCUT2D eigenvalue weighted by Crippen LogP contribution is 2.32. The Balaban J connectivity index is 1.90. The number of carbonyl (C=O) groups is 1. The molecule has 0 atom stereocenters. The molecule has 2 aromatic carbocycles. The predicted molar refractivity (Wildman–Crippen MR) is 101 cm³/mol. The molecule has 1 N–H and O–H groups in total. The van der Waals surface area contributed by atoms with Crippen LogP contribution in [0.4, 0.5) is 11.4 Å². The second-order valence-corrected chi connectivity index (χ2v) is 8.61. The molecule has 1 aliphatic heterocycles. The predicted octanol–water partition coefficient (Wildman–Crippen LogP) is 3.96. The summed E-state index contributed by atoms with van der Waals surface area (Å²) < 4.78 is 25.4. The van der Waals surface area contributed by atoms with Gasteiger partial charge in [0.15, 0.2) is 0 Å². The highest BCUT2D eigenvalue weighted by atomic mass is 35.5. The SMILES string of the molecule is CS(=O)(=O)N1CCCc2ccc(NC(=O)c3ccc(Cl)cc3Cl)cc21. The number of nitrogens with one attached hydrogen (secondary N) is 1. The highest BCUT2D eigenvalue weighted by Gasteiger charge is 2.24. The molecule has 1 heterocycles. The molecule has 0 bridgehead atoms. The Morgan fingerprint density at radius 3 is 2.60 bits per heavy atom. The third-order valence-corrected chi connectivity index (χ3v) is 5.72. The van der Waals surface area contributed by atoms with Crippen molar-refractivity contribution in [2.75, 3.05) is 22.4 Å². The minimum Gasteiger partial charge on any atom is -0.322 e. The summed E-state index contributed by atoms with van der Waals surface area (Å²) in [4.78, 5) is 12.4. The summed E-state index contributed by atoms with van der Waals surface area (Å²) in [5, 5.41) is 3.45. The molecule has 0 fully saturated rings. The Bertz CT molecular complexity index is 945. The van der Waals surface area contributed by atoms with E-state index in [2.05, 4.69) is 5.32 Å². The minimum absolute atomic E-state index is 0.251. The Labute approximate surface area is 156 Å². The van der Waals surface area contributed by atoms with E-state index < -0.39 is 10.0 Å². The smallest absolute Gasteiger partial charge is 0.257 e. The van der Waals surface area contributed by atoms with Gasteiger partial charge >= 0.3 is 0 Å². The third kappa shape index (κ3) is 3.92. The van der Waals surface area contributed by atoms with Gasteiger partial charge in [0.05, 0.1) is 22.5 Å². The minimum atomic E-state index is -3.36. The van der Waals surface area contributed by atoms with Gasteiger partial charge in [0.1, 0.15) is 0 Å². The molecule has 1 amide bonds. The van der Waals surface area contributed by atoms with Crippen molar-refractivity contribution in [3.05, 3.63) is 57.6 Å². The molecule has 0 saturated heterocycles. The summed E-state index contributed by atoms with van der Waals surface area (Å²) in [7, 11) is -3.36. The van der Waals surface area contributed by atoms with Crippen LogP contribution in [-0.2, 0) is 16.4 Å². The number of hydrogen-bond acceptors (Lipinski definition) is 3. The number of rotatable bonds is 3. The van der Waals surface area contributed by atoms with Gasteiger partial charge in [0, 0.05) is 17.3 Å². The zero-order valence-corrected chi connectivity index (χ0v) is 15.7. The summed E-state index contributed by atoms with van der Waals surface area (Å²) in [6.07, 6.45) is 2.76. The van der Waals surface area contributed by atoms with Gasteiger partial charge in [-0.15, -0.1) is 0 Å². The third-order valence-electron chi connectivity index (χ3n) is 4.00. The van der Waals surface area contributed by atoms with E-state index in [0.29, 0.717) is 28.5 Å². The van der Waals surface area contributed by atoms with Gasteiger partial charge in [0.25, 0.3) is 5.91 Å². The van der Waals surface area contributed by atoms with Gasteiger partial charge in [-0.1, -0.05) is 29.3 Å². The molecular formula is C17H16Cl2N2O3S. The summed E-state index contributed by atoms with van der Waals surface area (Å²) in [5.74, 6) is -0.386. The van der Waals surface area contributed by atoms with E-state index in [-0.39, 0.29) is 10.9 Å². The van der Waals surface area contributed by atoms with E-state index in [1.54, 1.807) is 24.3 Å². The molecule has 5 nitrogen and oxygen atoms in total. The number of halogens is 2. The Hall–Kier alpha value is -1.76. The van der Waals surface area contributed by atoms with Crippen LogP contribution in [0.2, 0.25) is 10.0 Å². The lowest BCUT2D eigenvalue weighted by Gasteiger charge is -2.29. The Kier molecular flexibility index (Phi) is 4.95. The monoisotopic (exact) mass is 398 g/mol. The second kappa shape index (κ2) is 6.86. The van der Waals surface area contributed by atoms with Gasteiger partial charge < -0.3 is 5.32 Å². The van der Waals surface area contributed by atoms with E-state index in [4.69, 9.17) is 23.2 Å². The van der Waals surface area contributed by atoms with Crippen LogP contribution in [0, 0.1) is 0 Å². The van der Waals surface area contributed by atoms with E-state index in [1.165, 1.54) is 16.6 Å². The van der Waals surface area contributed by atoms with Gasteiger partial charge in [-0.05, 0) is 48.7 Å². The van der Waals surface area contributed by atoms with E-state index in [1.807, 2.05) is 6.07 Å². The lowest BCUT2D eigenvalue weighted by atomic mass is 10.0. The fraction of sp³-hybridized carbons (Fsp3) is 0.235. The first-order valence-electron chi connectivity index (χ1n) is 7.63. The van der Waals surface area contributed by atoms with Crippen molar-refractivity contribution in [1.82, 2.24) is 0 Å². The molecule has 0 saturated carbocycles. The van der Waals surface area contributed by atoms with Crippen LogP contribution in [0.5, 0.6) is 0 Å². The summed E-state index contributed by atoms with van der Waals surface area (Å²) in [5.41, 5.74) is 2.35. The van der Waals surface area contributed by atoms with Crippen molar-refractivity contribution in [2.45, 2.75) is 12.8 Å². The molecule has 0 spiro atoms. The topological polar surface area (TPSA) is 66.5 Å². The largest absolute Gasteiger partial charge is 0.322 e. The number of nitrogens with zero attached hydrogens (tertiary/aromatic N) is 1. The van der Waals surface area contributed by atoms with Crippen molar-refractivity contribution in [3.8, 4) is 0 Å². The lowest BCUT2D eigenvalue weighted by molar-refractivity contribution is 0.102. The number of aryl methyl sites for hydroxylation is 1. The maximum Gasteiger partial charge on any atom is 0.257 e. The van der Waals surface area contributed by atoms with E-state index >= 15 is 0 Å². The fourth-order valence-corrected chi connectivity index (χ4v) is 4.32. The Morgan fingerprint density at radius 1 is 1.16 bits per heavy atom. The van der Waals surface area contributed by atoms with Crippen LogP contribution in [0.25, 0.3) is 0 Å². The molecular weight excluding hydrogens is 383 g/mol. The first-order chi connectivity index (χ1) is 11.8. The van der Waals surface area contributed by atoms with Crippen LogP contribution in [0.1, 0.15) is 22.3 Å². The van der Waals surface area contributed by atoms with Crippen LogP contribution in [-0.4, -0.2) is 27.1 Å². The fourth-order valence-electron chi connectivity index (χ4n) is 2.84. The molecule has 0 radical (unpaired) electrons. The lowest BCUT2D eigenvalue weighted by Crippen LogP contribution is -2.34. The second-order valence-electron chi connectivity index (χ2n) is 5.86. The van der Waals surface area contributed by atoms with Gasteiger partial charge in [0.2, 0.25) is 10.0 Å². The molecule has 0 aromatic heterocycles. The van der Waals surface area contributed by atoms with Gasteiger partial charge in [-0.25, -0.2) is 8.42 Å². The van der Waals surface area contributed by atoms with Crippen LogP contribution < -0.4 is 9.62 Å². The number of amides is 1. The van der Waals surface area contributed by atoms with E-state index in [9.17, 15) is 13.2 Å². The van der Waals surface area contributed by atoms with Crippen LogP contribution >= 0.6 is 23.2 Å². The molecule has 132 valence electrons. The molecule has 3 rings (SSSR count). The molecule has 8 heteroatoms. The zero-order chi connectivity index (χ0) is 18.2. The number of benzene rings is 2. The van der Waals surface area contributed by atoms with Crippen molar-refractivity contribution < 1.29 is 13.2 Å². The quantitative estimate of drug-likeness (QED) is 0.850. The molecule has 25 heavy (non-hydrogen) atoms. The zero-order valence-electron chi connectivity index (χ0n) is 13.4. The maximum atomic E-state index is 12.4. The number of anilines is 2. The standard InChI is InChI=1S/C17H16Cl2N2O3S/c1-25(23,24)21-8-2-3-11-4-6-13(10-16(11)21)20-17(22)14-7-5-12(18)9-15(14)19/h4-7,9-10H,2-3,8H2,1H3,(H,20,22). The summed E-state index contributed by atoms with van der Waals surface area (Å²) in [6, 6.07) is 9.90. The average Bonchev–Trinajstić information content (AvgIpc) is 2.53. The summed E-state index contributed by atoms with van der Waals surface area (Å²) in [6.45, 7) is 0.437. The normalized spacial score (nSPS) is 14.1. The van der Waals surface area contributed by atoms with Crippen molar-refractivity contribution in [2.24, 2.45) is 0 Å². The van der Waals surface area contributed by atoms with Crippen molar-refractivity contribution in [1.29, 1.82) is 0 Å². The van der Waals surface area contributed by atoms with Gasteiger partial charge in [-0.2, -0.15) is 0 Å². The van der Waals surface area contributed by atoms with Crippen molar-refractivity contribution >= 4 is 50.5 Å². The number of sulfonamides is 1. The van der Waals surface area contributed by atoms with Crippen LogP contribution in [0.15, 0.2) is 36.4 Å². The summed E-state index contributed by atoms with van der Waals surface area (Å²) >= 11 is 11.9.